The molecule has 1 saturated heterocycles. The number of aliphatic hydroxyl groups is 1. The normalized spacial score (nSPS) is 27.6. The average Bonchev–Trinajstić information content (AvgIpc) is 2.97. The van der Waals surface area contributed by atoms with Gasteiger partial charge in [0.15, 0.2) is 0 Å². The molecule has 0 amide bonds. The van der Waals surface area contributed by atoms with Crippen molar-refractivity contribution in [3.8, 4) is 0 Å². The first-order chi connectivity index (χ1) is 9.61. The standard InChI is InChI=1S/C16H18FNO2/c1-18-9-8-16(19,15-7-4-10-20-15)13(11-18)12-5-2-3-6-14(12)17/h2-7,10,13,19H,8-9,11H2,1H3. The second-order valence-electron chi connectivity index (χ2n) is 5.49. The number of nitrogens with zero attached hydrogens (tertiary/aromatic N) is 1. The third-order valence-electron chi connectivity index (χ3n) is 4.17. The van der Waals surface area contributed by atoms with Crippen LogP contribution in [0, 0.1) is 5.82 Å². The molecule has 3 rings (SSSR count). The topological polar surface area (TPSA) is 36.6 Å². The van der Waals surface area contributed by atoms with E-state index in [1.807, 2.05) is 7.05 Å². The monoisotopic (exact) mass is 275 g/mol. The van der Waals surface area contributed by atoms with Gasteiger partial charge in [-0.1, -0.05) is 18.2 Å². The van der Waals surface area contributed by atoms with Crippen molar-refractivity contribution in [1.82, 2.24) is 4.90 Å². The first-order valence-electron chi connectivity index (χ1n) is 6.80. The first-order valence-corrected chi connectivity index (χ1v) is 6.80. The number of rotatable bonds is 2. The SMILES string of the molecule is CN1CCC(O)(c2ccco2)C(c2ccccc2F)C1. The highest BCUT2D eigenvalue weighted by atomic mass is 19.1. The third-order valence-corrected chi connectivity index (χ3v) is 4.17. The molecule has 106 valence electrons. The van der Waals surface area contributed by atoms with E-state index in [2.05, 4.69) is 4.90 Å². The molecule has 0 saturated carbocycles. The molecule has 20 heavy (non-hydrogen) atoms. The summed E-state index contributed by atoms with van der Waals surface area (Å²) in [5.74, 6) is -0.106. The Bertz CT molecular complexity index is 584. The van der Waals surface area contributed by atoms with Crippen LogP contribution in [0.1, 0.15) is 23.7 Å². The van der Waals surface area contributed by atoms with E-state index in [1.165, 1.54) is 6.07 Å². The maximum absolute atomic E-state index is 14.1. The molecule has 1 fully saturated rings. The molecule has 1 N–H and O–H groups in total. The summed E-state index contributed by atoms with van der Waals surface area (Å²) in [7, 11) is 1.98. The minimum Gasteiger partial charge on any atom is -0.466 e. The van der Waals surface area contributed by atoms with Crippen molar-refractivity contribution in [2.45, 2.75) is 17.9 Å². The zero-order valence-electron chi connectivity index (χ0n) is 11.4. The fourth-order valence-corrected chi connectivity index (χ4v) is 3.02. The lowest BCUT2D eigenvalue weighted by molar-refractivity contribution is -0.0584. The van der Waals surface area contributed by atoms with E-state index >= 15 is 0 Å². The van der Waals surface area contributed by atoms with E-state index in [4.69, 9.17) is 4.42 Å². The highest BCUT2D eigenvalue weighted by molar-refractivity contribution is 5.29. The van der Waals surface area contributed by atoms with Crippen LogP contribution in [0.2, 0.25) is 0 Å². The fourth-order valence-electron chi connectivity index (χ4n) is 3.02. The molecule has 2 atom stereocenters. The van der Waals surface area contributed by atoms with Crippen molar-refractivity contribution in [3.63, 3.8) is 0 Å². The molecule has 0 spiro atoms. The Hall–Kier alpha value is -1.65. The Morgan fingerprint density at radius 1 is 1.30 bits per heavy atom. The fraction of sp³-hybridized carbons (Fsp3) is 0.375. The predicted octanol–water partition coefficient (Wildman–Crippen LogP) is 2.73. The van der Waals surface area contributed by atoms with Crippen LogP contribution in [0.5, 0.6) is 0 Å². The number of furan rings is 1. The van der Waals surface area contributed by atoms with Gasteiger partial charge in [-0.3, -0.25) is 0 Å². The van der Waals surface area contributed by atoms with Crippen molar-refractivity contribution in [1.29, 1.82) is 0 Å². The second-order valence-corrected chi connectivity index (χ2v) is 5.49. The van der Waals surface area contributed by atoms with Crippen LogP contribution in [0.3, 0.4) is 0 Å². The van der Waals surface area contributed by atoms with Gasteiger partial charge in [-0.05, 0) is 37.2 Å². The third kappa shape index (κ3) is 2.15. The summed E-state index contributed by atoms with van der Waals surface area (Å²) in [6.45, 7) is 1.35. The Kier molecular flexibility index (Phi) is 3.36. The maximum atomic E-state index is 14.1. The number of halogens is 1. The molecular weight excluding hydrogens is 257 g/mol. The zero-order chi connectivity index (χ0) is 14.2. The molecule has 0 radical (unpaired) electrons. The van der Waals surface area contributed by atoms with Crippen LogP contribution in [0.4, 0.5) is 4.39 Å². The van der Waals surface area contributed by atoms with Gasteiger partial charge in [-0.25, -0.2) is 4.39 Å². The lowest BCUT2D eigenvalue weighted by Crippen LogP contribution is -2.47. The molecule has 1 aromatic heterocycles. The number of hydrogen-bond acceptors (Lipinski definition) is 3. The van der Waals surface area contributed by atoms with Crippen LogP contribution in [-0.2, 0) is 5.60 Å². The predicted molar refractivity (Wildman–Crippen MR) is 73.9 cm³/mol. The Morgan fingerprint density at radius 3 is 2.80 bits per heavy atom. The Labute approximate surface area is 117 Å². The highest BCUT2D eigenvalue weighted by Gasteiger charge is 2.45. The van der Waals surface area contributed by atoms with E-state index in [-0.39, 0.29) is 11.7 Å². The van der Waals surface area contributed by atoms with Crippen LogP contribution < -0.4 is 0 Å². The smallest absolute Gasteiger partial charge is 0.136 e. The van der Waals surface area contributed by atoms with Crippen LogP contribution in [-0.4, -0.2) is 30.1 Å². The number of likely N-dealkylation sites (tertiary alicyclic amines) is 1. The Morgan fingerprint density at radius 2 is 2.10 bits per heavy atom. The van der Waals surface area contributed by atoms with Gasteiger partial charge in [-0.2, -0.15) is 0 Å². The first kappa shape index (κ1) is 13.3. The highest BCUT2D eigenvalue weighted by Crippen LogP contribution is 2.43. The summed E-state index contributed by atoms with van der Waals surface area (Å²) in [5, 5.41) is 11.1. The number of likely N-dealkylation sites (N-methyl/N-ethyl adjacent to an activating group) is 1. The summed E-state index contributed by atoms with van der Waals surface area (Å²) < 4.78 is 19.5. The van der Waals surface area contributed by atoms with E-state index < -0.39 is 5.60 Å². The van der Waals surface area contributed by atoms with Gasteiger partial charge in [0.25, 0.3) is 0 Å². The van der Waals surface area contributed by atoms with Crippen molar-refractivity contribution < 1.29 is 13.9 Å². The van der Waals surface area contributed by atoms with Crippen molar-refractivity contribution in [3.05, 3.63) is 59.8 Å². The van der Waals surface area contributed by atoms with Gasteiger partial charge in [0, 0.05) is 19.0 Å². The summed E-state index contributed by atoms with van der Waals surface area (Å²) in [4.78, 5) is 2.11. The van der Waals surface area contributed by atoms with Crippen molar-refractivity contribution in [2.75, 3.05) is 20.1 Å². The largest absolute Gasteiger partial charge is 0.466 e. The molecule has 2 heterocycles. The minimum absolute atomic E-state index is 0.280. The molecule has 3 nitrogen and oxygen atoms in total. The Balaban J connectivity index is 2.06. The number of hydrogen-bond donors (Lipinski definition) is 1. The molecule has 1 aliphatic heterocycles. The van der Waals surface area contributed by atoms with Crippen molar-refractivity contribution in [2.24, 2.45) is 0 Å². The molecular formula is C16H18FNO2. The van der Waals surface area contributed by atoms with Gasteiger partial charge in [0.05, 0.1) is 6.26 Å². The quantitative estimate of drug-likeness (QED) is 0.915. The summed E-state index contributed by atoms with van der Waals surface area (Å²) in [6.07, 6.45) is 2.07. The average molecular weight is 275 g/mol. The second kappa shape index (κ2) is 5.04. The van der Waals surface area contributed by atoms with Gasteiger partial charge in [0.2, 0.25) is 0 Å². The summed E-state index contributed by atoms with van der Waals surface area (Å²) in [5.41, 5.74) is -0.615. The van der Waals surface area contributed by atoms with Gasteiger partial charge in [-0.15, -0.1) is 0 Å². The lowest BCUT2D eigenvalue weighted by atomic mass is 9.75. The van der Waals surface area contributed by atoms with E-state index in [1.54, 1.807) is 36.6 Å². The molecule has 1 aromatic carbocycles. The van der Waals surface area contributed by atoms with Crippen LogP contribution in [0.15, 0.2) is 47.1 Å². The molecule has 4 heteroatoms. The number of piperidine rings is 1. The minimum atomic E-state index is -1.15. The lowest BCUT2D eigenvalue weighted by Gasteiger charge is -2.42. The van der Waals surface area contributed by atoms with Crippen LogP contribution >= 0.6 is 0 Å². The summed E-state index contributed by atoms with van der Waals surface area (Å²) >= 11 is 0. The maximum Gasteiger partial charge on any atom is 0.136 e. The van der Waals surface area contributed by atoms with Gasteiger partial charge >= 0.3 is 0 Å². The van der Waals surface area contributed by atoms with Crippen molar-refractivity contribution >= 4 is 0 Å². The van der Waals surface area contributed by atoms with E-state index in [9.17, 15) is 9.50 Å². The molecule has 2 unspecified atom stereocenters. The van der Waals surface area contributed by atoms with Gasteiger partial charge < -0.3 is 14.4 Å². The van der Waals surface area contributed by atoms with E-state index in [0.29, 0.717) is 24.3 Å². The van der Waals surface area contributed by atoms with E-state index in [0.717, 1.165) is 6.54 Å². The molecule has 1 aliphatic rings. The molecule has 0 aliphatic carbocycles. The molecule has 0 bridgehead atoms. The zero-order valence-corrected chi connectivity index (χ0v) is 11.4. The summed E-state index contributed by atoms with van der Waals surface area (Å²) in [6, 6.07) is 10.2. The molecule has 2 aromatic rings. The number of benzene rings is 1. The van der Waals surface area contributed by atoms with Gasteiger partial charge in [0.1, 0.15) is 17.2 Å². The van der Waals surface area contributed by atoms with Crippen LogP contribution in [0.25, 0.3) is 0 Å².